The maximum atomic E-state index is 13.3. The van der Waals surface area contributed by atoms with Gasteiger partial charge < -0.3 is 19.5 Å². The fourth-order valence-electron chi connectivity index (χ4n) is 3.80. The van der Waals surface area contributed by atoms with Gasteiger partial charge in [-0.25, -0.2) is 4.98 Å². The Balaban J connectivity index is 1.43. The first-order valence-electron chi connectivity index (χ1n) is 9.47. The molecule has 5 rings (SSSR count). The van der Waals surface area contributed by atoms with Crippen molar-refractivity contribution in [2.75, 3.05) is 25.0 Å². The lowest BCUT2D eigenvalue weighted by atomic mass is 10.1. The first kappa shape index (κ1) is 18.0. The van der Waals surface area contributed by atoms with E-state index >= 15 is 0 Å². The summed E-state index contributed by atoms with van der Waals surface area (Å²) in [5.41, 5.74) is 1.80. The maximum Gasteiger partial charge on any atom is 0.274 e. The first-order valence-corrected chi connectivity index (χ1v) is 9.47. The van der Waals surface area contributed by atoms with E-state index in [1.807, 2.05) is 0 Å². The zero-order chi connectivity index (χ0) is 20.7. The zero-order valence-corrected chi connectivity index (χ0v) is 15.8. The third kappa shape index (κ3) is 3.00. The number of fused-ring (bicyclic) bond motifs is 2. The number of hydrogen-bond acceptors (Lipinski definition) is 6. The summed E-state index contributed by atoms with van der Waals surface area (Å²) in [7, 11) is 0. The topological polar surface area (TPSA) is 109 Å². The molecular weight excluding hydrogens is 386 g/mol. The van der Waals surface area contributed by atoms with Gasteiger partial charge >= 0.3 is 0 Å². The van der Waals surface area contributed by atoms with Crippen molar-refractivity contribution >= 4 is 23.4 Å². The largest absolute Gasteiger partial charge is 0.464 e. The summed E-state index contributed by atoms with van der Waals surface area (Å²) in [5, 5.41) is 2.83. The van der Waals surface area contributed by atoms with Crippen molar-refractivity contribution in [3.05, 3.63) is 66.4 Å². The fraction of sp³-hybridized carbons (Fsp3) is 0.190. The van der Waals surface area contributed by atoms with Gasteiger partial charge in [0, 0.05) is 31.0 Å². The highest BCUT2D eigenvalue weighted by molar-refractivity contribution is 6.11. The van der Waals surface area contributed by atoms with Crippen molar-refractivity contribution in [2.24, 2.45) is 0 Å². The van der Waals surface area contributed by atoms with Crippen LogP contribution in [0.2, 0.25) is 0 Å². The van der Waals surface area contributed by atoms with Crippen LogP contribution in [-0.2, 0) is 4.79 Å². The molecule has 1 atom stereocenters. The quantitative estimate of drug-likeness (QED) is 0.697. The molecule has 30 heavy (non-hydrogen) atoms. The van der Waals surface area contributed by atoms with Crippen LogP contribution in [0.5, 0.6) is 0 Å². The molecule has 3 amide bonds. The number of anilines is 1. The molecule has 1 fully saturated rings. The number of rotatable bonds is 2. The fourth-order valence-corrected chi connectivity index (χ4v) is 3.80. The third-order valence-corrected chi connectivity index (χ3v) is 5.33. The molecule has 150 valence electrons. The average Bonchev–Trinajstić information content (AvgIpc) is 3.30. The molecule has 9 heteroatoms. The van der Waals surface area contributed by atoms with E-state index in [9.17, 15) is 14.4 Å². The van der Waals surface area contributed by atoms with E-state index in [1.54, 1.807) is 36.6 Å². The van der Waals surface area contributed by atoms with E-state index in [0.717, 1.165) is 5.56 Å². The first-order chi connectivity index (χ1) is 14.6. The molecule has 2 aromatic heterocycles. The Morgan fingerprint density at radius 1 is 1.17 bits per heavy atom. The molecule has 1 N–H and O–H groups in total. The molecule has 0 spiro atoms. The molecule has 0 aliphatic carbocycles. The Labute approximate surface area is 171 Å². The number of benzene rings is 1. The van der Waals surface area contributed by atoms with Crippen molar-refractivity contribution in [3.8, 4) is 11.3 Å². The van der Waals surface area contributed by atoms with E-state index in [2.05, 4.69) is 15.3 Å². The van der Waals surface area contributed by atoms with Crippen molar-refractivity contribution in [3.63, 3.8) is 0 Å². The predicted octanol–water partition coefficient (Wildman–Crippen LogP) is 1.66. The van der Waals surface area contributed by atoms with Gasteiger partial charge in [0.15, 0.2) is 0 Å². The van der Waals surface area contributed by atoms with Crippen LogP contribution in [0.4, 0.5) is 5.69 Å². The Morgan fingerprint density at radius 3 is 2.83 bits per heavy atom. The van der Waals surface area contributed by atoms with Gasteiger partial charge in [0.2, 0.25) is 5.91 Å². The zero-order valence-electron chi connectivity index (χ0n) is 15.8. The number of hydrogen-bond donors (Lipinski definition) is 1. The van der Waals surface area contributed by atoms with Crippen LogP contribution in [0, 0.1) is 0 Å². The van der Waals surface area contributed by atoms with E-state index in [1.165, 1.54) is 28.4 Å². The Kier molecular flexibility index (Phi) is 4.27. The highest BCUT2D eigenvalue weighted by atomic mass is 16.3. The maximum absolute atomic E-state index is 13.3. The summed E-state index contributed by atoms with van der Waals surface area (Å²) in [6.07, 6.45) is 5.88. The molecule has 0 saturated carbocycles. The van der Waals surface area contributed by atoms with E-state index in [4.69, 9.17) is 4.42 Å². The molecule has 1 saturated heterocycles. The van der Waals surface area contributed by atoms with Crippen LogP contribution in [0.3, 0.4) is 0 Å². The lowest BCUT2D eigenvalue weighted by Gasteiger charge is -2.39. The average molecular weight is 403 g/mol. The Bertz CT molecular complexity index is 1130. The second-order valence-corrected chi connectivity index (χ2v) is 7.08. The van der Waals surface area contributed by atoms with E-state index in [0.29, 0.717) is 23.6 Å². The molecule has 0 radical (unpaired) electrons. The summed E-state index contributed by atoms with van der Waals surface area (Å²) < 4.78 is 5.42. The summed E-state index contributed by atoms with van der Waals surface area (Å²) in [6.45, 7) is 0.636. The summed E-state index contributed by atoms with van der Waals surface area (Å²) >= 11 is 0. The lowest BCUT2D eigenvalue weighted by Crippen LogP contribution is -2.59. The second kappa shape index (κ2) is 7.11. The molecule has 1 aromatic carbocycles. The van der Waals surface area contributed by atoms with Crippen molar-refractivity contribution < 1.29 is 18.8 Å². The van der Waals surface area contributed by atoms with Crippen LogP contribution in [0.25, 0.3) is 11.3 Å². The Morgan fingerprint density at radius 2 is 2.07 bits per heavy atom. The monoisotopic (exact) mass is 403 g/mol. The molecule has 2 aliphatic heterocycles. The number of nitrogens with one attached hydrogen (secondary N) is 1. The van der Waals surface area contributed by atoms with Gasteiger partial charge in [0.25, 0.3) is 11.8 Å². The molecule has 3 aromatic rings. The molecule has 4 heterocycles. The van der Waals surface area contributed by atoms with E-state index in [-0.39, 0.29) is 36.5 Å². The summed E-state index contributed by atoms with van der Waals surface area (Å²) in [6, 6.07) is 8.00. The molecule has 1 unspecified atom stereocenters. The van der Waals surface area contributed by atoms with Gasteiger partial charge in [-0.15, -0.1) is 0 Å². The number of carbonyl (C=O) groups is 3. The normalized spacial score (nSPS) is 18.3. The van der Waals surface area contributed by atoms with Gasteiger partial charge in [0.05, 0.1) is 30.3 Å². The van der Waals surface area contributed by atoms with Crippen LogP contribution >= 0.6 is 0 Å². The van der Waals surface area contributed by atoms with Gasteiger partial charge in [-0.2, -0.15) is 0 Å². The van der Waals surface area contributed by atoms with Crippen LogP contribution < -0.4 is 5.32 Å². The minimum absolute atomic E-state index is 0.0893. The number of piperazine rings is 1. The molecular formula is C21H17N5O4. The van der Waals surface area contributed by atoms with Gasteiger partial charge in [-0.3, -0.25) is 19.4 Å². The van der Waals surface area contributed by atoms with Gasteiger partial charge in [0.1, 0.15) is 17.5 Å². The molecule has 2 aliphatic rings. The van der Waals surface area contributed by atoms with Crippen LogP contribution in [0.15, 0.2) is 59.6 Å². The number of nitrogens with zero attached hydrogens (tertiary/aromatic N) is 4. The number of aromatic nitrogens is 2. The SMILES string of the molecule is O=C1Nc2ccc(-c3ccco3)cc2C(=O)N2CCN(C(=O)c3cnccn3)CC12. The van der Waals surface area contributed by atoms with Crippen LogP contribution in [-0.4, -0.2) is 63.2 Å². The second-order valence-electron chi connectivity index (χ2n) is 7.08. The highest BCUT2D eigenvalue weighted by Gasteiger charge is 2.40. The minimum atomic E-state index is -0.786. The standard InChI is InChI=1S/C21H17N5O4/c27-19-17-12-25(21(29)16-11-22-5-6-23-16)7-8-26(17)20(28)14-10-13(3-4-15(14)24-19)18-2-1-9-30-18/h1-6,9-11,17H,7-8,12H2,(H,24,27). The van der Waals surface area contributed by atoms with Crippen molar-refractivity contribution in [1.82, 2.24) is 19.8 Å². The number of carbonyl (C=O) groups excluding carboxylic acids is 3. The molecule has 0 bridgehead atoms. The number of amides is 3. The third-order valence-electron chi connectivity index (χ3n) is 5.33. The highest BCUT2D eigenvalue weighted by Crippen LogP contribution is 2.30. The molecule has 9 nitrogen and oxygen atoms in total. The van der Waals surface area contributed by atoms with E-state index < -0.39 is 6.04 Å². The summed E-state index contributed by atoms with van der Waals surface area (Å²) in [4.78, 5) is 49.9. The van der Waals surface area contributed by atoms with Crippen molar-refractivity contribution in [1.29, 1.82) is 0 Å². The van der Waals surface area contributed by atoms with Crippen LogP contribution in [0.1, 0.15) is 20.8 Å². The minimum Gasteiger partial charge on any atom is -0.464 e. The van der Waals surface area contributed by atoms with Gasteiger partial charge in [-0.05, 0) is 30.3 Å². The Hall–Kier alpha value is -4.01. The number of furan rings is 1. The summed E-state index contributed by atoms with van der Waals surface area (Å²) in [5.74, 6) is -0.264. The smallest absolute Gasteiger partial charge is 0.274 e. The van der Waals surface area contributed by atoms with Gasteiger partial charge in [-0.1, -0.05) is 0 Å². The van der Waals surface area contributed by atoms with Crippen molar-refractivity contribution in [2.45, 2.75) is 6.04 Å². The lowest BCUT2D eigenvalue weighted by molar-refractivity contribution is -0.121. The predicted molar refractivity (Wildman–Crippen MR) is 106 cm³/mol.